The molecule has 1 nitrogen and oxygen atoms in total. The molecule has 0 radical (unpaired) electrons. The summed E-state index contributed by atoms with van der Waals surface area (Å²) in [4.78, 5) is 0. The summed E-state index contributed by atoms with van der Waals surface area (Å²) in [6, 6.07) is 15.0. The van der Waals surface area contributed by atoms with E-state index in [2.05, 4.69) is 54.7 Å². The van der Waals surface area contributed by atoms with Crippen LogP contribution in [0.15, 0.2) is 42.5 Å². The first-order valence-corrected chi connectivity index (χ1v) is 5.09. The van der Waals surface area contributed by atoms with Crippen molar-refractivity contribution in [1.29, 1.82) is 0 Å². The number of fused-ring (bicyclic) bond motifs is 1. The van der Waals surface area contributed by atoms with Gasteiger partial charge in [-0.1, -0.05) is 49.4 Å². The Morgan fingerprint density at radius 2 is 1.73 bits per heavy atom. The molecule has 0 amide bonds. The van der Waals surface area contributed by atoms with E-state index in [1.807, 2.05) is 0 Å². The van der Waals surface area contributed by atoms with Crippen molar-refractivity contribution in [3.63, 3.8) is 0 Å². The van der Waals surface area contributed by atoms with Crippen molar-refractivity contribution in [2.24, 2.45) is 0 Å². The topological polar surface area (TPSA) is 12.0 Å². The van der Waals surface area contributed by atoms with E-state index >= 15 is 0 Å². The summed E-state index contributed by atoms with van der Waals surface area (Å²) in [5.41, 5.74) is 1.38. The van der Waals surface area contributed by atoms with Gasteiger partial charge in [0.05, 0.1) is 0 Å². The Bertz CT molecular complexity index is 420. The van der Waals surface area contributed by atoms with Crippen molar-refractivity contribution < 1.29 is 0 Å². The number of benzene rings is 2. The molecule has 80 valence electrons. The Morgan fingerprint density at radius 1 is 1.00 bits per heavy atom. The van der Waals surface area contributed by atoms with Crippen LogP contribution in [0.3, 0.4) is 0 Å². The smallest absolute Gasteiger partial charge is 0.0211 e. The van der Waals surface area contributed by atoms with Crippen LogP contribution in [0, 0.1) is 0 Å². The van der Waals surface area contributed by atoms with Crippen LogP contribution in [-0.2, 0) is 6.54 Å². The van der Waals surface area contributed by atoms with Crippen LogP contribution in [0.5, 0.6) is 0 Å². The lowest BCUT2D eigenvalue weighted by molar-refractivity contribution is 0.730. The van der Waals surface area contributed by atoms with Gasteiger partial charge >= 0.3 is 0 Å². The average molecular weight is 222 g/mol. The molecule has 1 N–H and O–H groups in total. The molecule has 2 heteroatoms. The quantitative estimate of drug-likeness (QED) is 0.838. The molecule has 0 atom stereocenters. The fraction of sp³-hybridized carbons (Fsp3) is 0.231. The largest absolute Gasteiger partial charge is 0.313 e. The third-order valence-corrected chi connectivity index (χ3v) is 2.45. The molecule has 2 rings (SSSR count). The summed E-state index contributed by atoms with van der Waals surface area (Å²) in [5.74, 6) is 0. The van der Waals surface area contributed by atoms with Crippen molar-refractivity contribution in [1.82, 2.24) is 5.32 Å². The molecular weight excluding hydrogens is 206 g/mol. The maximum atomic E-state index is 3.36. The summed E-state index contributed by atoms with van der Waals surface area (Å²) < 4.78 is 0. The first kappa shape index (κ1) is 12.0. The molecule has 0 saturated heterocycles. The van der Waals surface area contributed by atoms with Crippen molar-refractivity contribution >= 4 is 23.2 Å². The minimum atomic E-state index is 0. The van der Waals surface area contributed by atoms with Gasteiger partial charge in [0.2, 0.25) is 0 Å². The van der Waals surface area contributed by atoms with E-state index in [1.165, 1.54) is 16.3 Å². The first-order chi connectivity index (χ1) is 6.92. The molecule has 2 aromatic carbocycles. The highest BCUT2D eigenvalue weighted by atomic mass is 35.5. The van der Waals surface area contributed by atoms with Gasteiger partial charge in [0.25, 0.3) is 0 Å². The monoisotopic (exact) mass is 221 g/mol. The summed E-state index contributed by atoms with van der Waals surface area (Å²) >= 11 is 0. The van der Waals surface area contributed by atoms with Gasteiger partial charge in [-0.3, -0.25) is 0 Å². The summed E-state index contributed by atoms with van der Waals surface area (Å²) in [6.45, 7) is 4.10. The van der Waals surface area contributed by atoms with Gasteiger partial charge in [-0.15, -0.1) is 12.4 Å². The van der Waals surface area contributed by atoms with Crippen LogP contribution < -0.4 is 5.32 Å². The summed E-state index contributed by atoms with van der Waals surface area (Å²) in [6.07, 6.45) is 0. The molecule has 0 heterocycles. The normalized spacial score (nSPS) is 9.93. The number of halogens is 1. The van der Waals surface area contributed by atoms with Crippen molar-refractivity contribution in [3.8, 4) is 0 Å². The van der Waals surface area contributed by atoms with Crippen LogP contribution in [0.1, 0.15) is 12.5 Å². The van der Waals surface area contributed by atoms with Crippen molar-refractivity contribution in [2.75, 3.05) is 6.54 Å². The third kappa shape index (κ3) is 2.71. The molecule has 0 saturated carbocycles. The van der Waals surface area contributed by atoms with Crippen LogP contribution in [0.25, 0.3) is 10.8 Å². The van der Waals surface area contributed by atoms with Gasteiger partial charge in [-0.2, -0.15) is 0 Å². The molecule has 0 unspecified atom stereocenters. The first-order valence-electron chi connectivity index (χ1n) is 5.09. The molecule has 0 aliphatic rings. The predicted octanol–water partition coefficient (Wildman–Crippen LogP) is 3.37. The Labute approximate surface area is 96.9 Å². The summed E-state index contributed by atoms with van der Waals surface area (Å²) in [7, 11) is 0. The average Bonchev–Trinajstić information content (AvgIpc) is 2.26. The molecule has 0 fully saturated rings. The van der Waals surface area contributed by atoms with E-state index in [9.17, 15) is 0 Å². The second-order valence-corrected chi connectivity index (χ2v) is 3.42. The highest BCUT2D eigenvalue weighted by molar-refractivity contribution is 5.85. The molecule has 0 bridgehead atoms. The minimum Gasteiger partial charge on any atom is -0.313 e. The van der Waals surface area contributed by atoms with E-state index in [0.29, 0.717) is 0 Å². The Hall–Kier alpha value is -1.05. The van der Waals surface area contributed by atoms with Crippen LogP contribution >= 0.6 is 12.4 Å². The van der Waals surface area contributed by atoms with Gasteiger partial charge in [0.15, 0.2) is 0 Å². The number of hydrogen-bond donors (Lipinski definition) is 1. The zero-order valence-electron chi connectivity index (χ0n) is 8.86. The zero-order chi connectivity index (χ0) is 9.80. The zero-order valence-corrected chi connectivity index (χ0v) is 9.68. The maximum absolute atomic E-state index is 3.36. The Kier molecular flexibility index (Phi) is 4.60. The van der Waals surface area contributed by atoms with E-state index in [4.69, 9.17) is 0 Å². The maximum Gasteiger partial charge on any atom is 0.0211 e. The molecule has 0 aliphatic heterocycles. The molecule has 0 aliphatic carbocycles. The lowest BCUT2D eigenvalue weighted by Crippen LogP contribution is -2.11. The van der Waals surface area contributed by atoms with Gasteiger partial charge in [0.1, 0.15) is 0 Å². The highest BCUT2D eigenvalue weighted by Gasteiger charge is 1.97. The van der Waals surface area contributed by atoms with Crippen molar-refractivity contribution in [2.45, 2.75) is 13.5 Å². The standard InChI is InChI=1S/C13H15N.ClH/c1-2-14-10-12-8-5-7-11-6-3-4-9-13(11)12;/h3-9,14H,2,10H2,1H3;1H. The second-order valence-electron chi connectivity index (χ2n) is 3.42. The minimum absolute atomic E-state index is 0. The second kappa shape index (κ2) is 5.74. The molecule has 0 aromatic heterocycles. The van der Waals surface area contributed by atoms with E-state index in [1.54, 1.807) is 0 Å². The SMILES string of the molecule is CCNCc1cccc2ccccc12.Cl. The molecule has 2 aromatic rings. The predicted molar refractivity (Wildman–Crippen MR) is 68.6 cm³/mol. The fourth-order valence-corrected chi connectivity index (χ4v) is 1.71. The highest BCUT2D eigenvalue weighted by Crippen LogP contribution is 2.17. The lowest BCUT2D eigenvalue weighted by atomic mass is 10.0. The Balaban J connectivity index is 0.00000112. The van der Waals surface area contributed by atoms with E-state index < -0.39 is 0 Å². The number of hydrogen-bond acceptors (Lipinski definition) is 1. The van der Waals surface area contributed by atoms with Gasteiger partial charge in [-0.05, 0) is 22.9 Å². The molecular formula is C13H16ClN. The van der Waals surface area contributed by atoms with Crippen LogP contribution in [0.4, 0.5) is 0 Å². The number of rotatable bonds is 3. The van der Waals surface area contributed by atoms with Crippen molar-refractivity contribution in [3.05, 3.63) is 48.0 Å². The summed E-state index contributed by atoms with van der Waals surface area (Å²) in [5, 5.41) is 6.04. The molecule has 0 spiro atoms. The fourth-order valence-electron chi connectivity index (χ4n) is 1.71. The van der Waals surface area contributed by atoms with Crippen LogP contribution in [-0.4, -0.2) is 6.54 Å². The van der Waals surface area contributed by atoms with Crippen LogP contribution in [0.2, 0.25) is 0 Å². The third-order valence-electron chi connectivity index (χ3n) is 2.45. The number of nitrogens with one attached hydrogen (secondary N) is 1. The van der Waals surface area contributed by atoms with Gasteiger partial charge in [-0.25, -0.2) is 0 Å². The van der Waals surface area contributed by atoms with E-state index in [0.717, 1.165) is 13.1 Å². The Morgan fingerprint density at radius 3 is 2.53 bits per heavy atom. The van der Waals surface area contributed by atoms with Gasteiger partial charge in [0, 0.05) is 6.54 Å². The van der Waals surface area contributed by atoms with E-state index in [-0.39, 0.29) is 12.4 Å². The van der Waals surface area contributed by atoms with Gasteiger partial charge < -0.3 is 5.32 Å². The molecule has 15 heavy (non-hydrogen) atoms. The lowest BCUT2D eigenvalue weighted by Gasteiger charge is -2.06.